The van der Waals surface area contributed by atoms with Gasteiger partial charge in [-0.05, 0) is 78.4 Å². The zero-order valence-electron chi connectivity index (χ0n) is 19.9. The molecule has 0 unspecified atom stereocenters. The predicted molar refractivity (Wildman–Crippen MR) is 132 cm³/mol. The van der Waals surface area contributed by atoms with Crippen LogP contribution in [0, 0.1) is 6.92 Å². The van der Waals surface area contributed by atoms with E-state index in [0.717, 1.165) is 46.5 Å². The zero-order chi connectivity index (χ0) is 24.0. The summed E-state index contributed by atoms with van der Waals surface area (Å²) in [4.78, 5) is 29.2. The summed E-state index contributed by atoms with van der Waals surface area (Å²) in [5, 5.41) is 0. The molecule has 0 N–H and O–H groups in total. The van der Waals surface area contributed by atoms with Gasteiger partial charge in [0.2, 0.25) is 12.7 Å². The van der Waals surface area contributed by atoms with E-state index in [2.05, 4.69) is 6.92 Å². The van der Waals surface area contributed by atoms with Crippen molar-refractivity contribution >= 4 is 17.5 Å². The average Bonchev–Trinajstić information content (AvgIpc) is 3.53. The number of rotatable bonds is 5. The molecule has 1 fully saturated rings. The highest BCUT2D eigenvalue weighted by Gasteiger charge is 2.53. The number of likely N-dealkylation sites (N-methyl/N-ethyl adjacent to an activating group) is 1. The molecule has 34 heavy (non-hydrogen) atoms. The molecule has 3 aromatic carbocycles. The van der Waals surface area contributed by atoms with Crippen LogP contribution in [0.25, 0.3) is 11.1 Å². The maximum atomic E-state index is 13.7. The first-order valence-electron chi connectivity index (χ1n) is 11.4. The number of fused-ring (bicyclic) bond motifs is 1. The van der Waals surface area contributed by atoms with Gasteiger partial charge in [-0.15, -0.1) is 0 Å². The molecule has 2 aliphatic rings. The lowest BCUT2D eigenvalue weighted by atomic mass is 9.93. The summed E-state index contributed by atoms with van der Waals surface area (Å²) in [6.07, 6.45) is 1.63. The van der Waals surface area contributed by atoms with E-state index in [0.29, 0.717) is 11.3 Å². The average molecular weight is 457 g/mol. The van der Waals surface area contributed by atoms with Crippen LogP contribution in [-0.2, 0) is 10.2 Å². The van der Waals surface area contributed by atoms with E-state index < -0.39 is 5.41 Å². The summed E-state index contributed by atoms with van der Waals surface area (Å²) in [5.74, 6) is 1.48. The summed E-state index contributed by atoms with van der Waals surface area (Å²) >= 11 is 0. The van der Waals surface area contributed by atoms with Crippen LogP contribution in [0.3, 0.4) is 0 Å². The van der Waals surface area contributed by atoms with Crippen LogP contribution in [0.4, 0.5) is 5.69 Å². The molecule has 3 aromatic rings. The number of hydrogen-bond acceptors (Lipinski definition) is 4. The lowest BCUT2D eigenvalue weighted by Crippen LogP contribution is -2.36. The van der Waals surface area contributed by atoms with E-state index in [1.165, 1.54) is 0 Å². The Bertz CT molecular complexity index is 1280. The maximum Gasteiger partial charge on any atom is 0.253 e. The van der Waals surface area contributed by atoms with Crippen molar-refractivity contribution in [2.75, 3.05) is 32.8 Å². The van der Waals surface area contributed by atoms with Crippen molar-refractivity contribution in [3.63, 3.8) is 0 Å². The van der Waals surface area contributed by atoms with Gasteiger partial charge in [-0.2, -0.15) is 0 Å². The molecule has 0 saturated heterocycles. The Labute approximate surface area is 199 Å². The number of nitrogens with zero attached hydrogens (tertiary/aromatic N) is 2. The lowest BCUT2D eigenvalue weighted by molar-refractivity contribution is -0.120. The molecule has 6 heteroatoms. The Morgan fingerprint density at radius 3 is 2.24 bits per heavy atom. The molecule has 2 amide bonds. The third-order valence-corrected chi connectivity index (χ3v) is 6.85. The zero-order valence-corrected chi connectivity index (χ0v) is 19.9. The number of carbonyl (C=O) groups is 2. The number of hydrogen-bond donors (Lipinski definition) is 0. The molecule has 1 aliphatic heterocycles. The van der Waals surface area contributed by atoms with Gasteiger partial charge in [0.15, 0.2) is 11.5 Å². The van der Waals surface area contributed by atoms with E-state index in [9.17, 15) is 9.59 Å². The molecule has 0 bridgehead atoms. The van der Waals surface area contributed by atoms with Gasteiger partial charge in [0.25, 0.3) is 5.91 Å². The molecular weight excluding hydrogens is 428 g/mol. The first-order chi connectivity index (χ1) is 16.3. The fraction of sp³-hybridized carbons (Fsp3) is 0.286. The molecule has 0 atom stereocenters. The van der Waals surface area contributed by atoms with Gasteiger partial charge in [-0.3, -0.25) is 9.59 Å². The number of carbonyl (C=O) groups excluding carboxylic acids is 2. The lowest BCUT2D eigenvalue weighted by Gasteiger charge is -2.25. The number of ether oxygens (including phenoxy) is 2. The molecule has 174 valence electrons. The van der Waals surface area contributed by atoms with Crippen LogP contribution in [-0.4, -0.2) is 44.7 Å². The number of aryl methyl sites for hydroxylation is 1. The normalized spacial score (nSPS) is 15.1. The maximum absolute atomic E-state index is 13.7. The van der Waals surface area contributed by atoms with Crippen molar-refractivity contribution in [3.8, 4) is 22.6 Å². The fourth-order valence-electron chi connectivity index (χ4n) is 4.56. The van der Waals surface area contributed by atoms with Crippen molar-refractivity contribution < 1.29 is 19.1 Å². The van der Waals surface area contributed by atoms with Gasteiger partial charge < -0.3 is 19.3 Å². The molecule has 1 aliphatic carbocycles. The molecule has 0 radical (unpaired) electrons. The van der Waals surface area contributed by atoms with Crippen LogP contribution in [0.15, 0.2) is 60.7 Å². The molecule has 1 heterocycles. The Balaban J connectivity index is 1.42. The second-order valence-corrected chi connectivity index (χ2v) is 9.29. The van der Waals surface area contributed by atoms with Gasteiger partial charge in [-0.1, -0.05) is 24.3 Å². The summed E-state index contributed by atoms with van der Waals surface area (Å²) in [7, 11) is 5.32. The van der Waals surface area contributed by atoms with Crippen molar-refractivity contribution in [1.82, 2.24) is 4.90 Å². The Morgan fingerprint density at radius 2 is 1.56 bits per heavy atom. The highest BCUT2D eigenvalue weighted by atomic mass is 16.7. The summed E-state index contributed by atoms with van der Waals surface area (Å²) < 4.78 is 11.0. The van der Waals surface area contributed by atoms with Gasteiger partial charge in [0.05, 0.1) is 5.41 Å². The standard InChI is InChI=1S/C28H28N2O4/c1-18-5-11-22(16-23(18)19-6-8-20(9-7-19)26(31)29(2)3)30(4)27(32)28(13-14-28)21-10-12-24-25(15-21)34-17-33-24/h5-12,15-16H,13-14,17H2,1-4H3. The monoisotopic (exact) mass is 456 g/mol. The van der Waals surface area contributed by atoms with Crippen molar-refractivity contribution in [2.24, 2.45) is 0 Å². The van der Waals surface area contributed by atoms with Crippen molar-refractivity contribution in [3.05, 3.63) is 77.4 Å². The van der Waals surface area contributed by atoms with Crippen LogP contribution in [0.2, 0.25) is 0 Å². The largest absolute Gasteiger partial charge is 0.454 e. The van der Waals surface area contributed by atoms with E-state index in [-0.39, 0.29) is 18.6 Å². The second-order valence-electron chi connectivity index (χ2n) is 9.29. The van der Waals surface area contributed by atoms with Crippen LogP contribution in [0.1, 0.15) is 34.3 Å². The van der Waals surface area contributed by atoms with E-state index >= 15 is 0 Å². The predicted octanol–water partition coefficient (Wildman–Crippen LogP) is 4.79. The minimum atomic E-state index is -0.519. The topological polar surface area (TPSA) is 59.1 Å². The van der Waals surface area contributed by atoms with E-state index in [4.69, 9.17) is 9.47 Å². The van der Waals surface area contributed by atoms with Crippen LogP contribution in [0.5, 0.6) is 11.5 Å². The Hall–Kier alpha value is -3.80. The Morgan fingerprint density at radius 1 is 0.853 bits per heavy atom. The van der Waals surface area contributed by atoms with Crippen molar-refractivity contribution in [1.29, 1.82) is 0 Å². The van der Waals surface area contributed by atoms with Crippen LogP contribution < -0.4 is 14.4 Å². The van der Waals surface area contributed by atoms with Gasteiger partial charge >= 0.3 is 0 Å². The quantitative estimate of drug-likeness (QED) is 0.554. The summed E-state index contributed by atoms with van der Waals surface area (Å²) in [6.45, 7) is 2.27. The SMILES string of the molecule is Cc1ccc(N(C)C(=O)C2(c3ccc4c(c3)OCO4)CC2)cc1-c1ccc(C(=O)N(C)C)cc1. The van der Waals surface area contributed by atoms with E-state index in [1.807, 2.05) is 67.7 Å². The highest BCUT2D eigenvalue weighted by Crippen LogP contribution is 2.52. The van der Waals surface area contributed by atoms with Crippen LogP contribution >= 0.6 is 0 Å². The molecule has 5 rings (SSSR count). The molecule has 6 nitrogen and oxygen atoms in total. The van der Waals surface area contributed by atoms with Crippen molar-refractivity contribution in [2.45, 2.75) is 25.2 Å². The van der Waals surface area contributed by atoms with E-state index in [1.54, 1.807) is 23.9 Å². The number of benzene rings is 3. The summed E-state index contributed by atoms with van der Waals surface area (Å²) in [5.41, 5.74) is 5.09. The third-order valence-electron chi connectivity index (χ3n) is 6.85. The molecule has 1 saturated carbocycles. The first kappa shape index (κ1) is 22.0. The molecule has 0 spiro atoms. The summed E-state index contributed by atoms with van der Waals surface area (Å²) in [6, 6.07) is 19.5. The Kier molecular flexibility index (Phi) is 5.31. The third kappa shape index (κ3) is 3.69. The minimum Gasteiger partial charge on any atom is -0.454 e. The first-order valence-corrected chi connectivity index (χ1v) is 11.4. The van der Waals surface area contributed by atoms with Gasteiger partial charge in [0, 0.05) is 32.4 Å². The minimum absolute atomic E-state index is 0.0272. The van der Waals surface area contributed by atoms with Gasteiger partial charge in [0.1, 0.15) is 0 Å². The fourth-order valence-corrected chi connectivity index (χ4v) is 4.56. The highest BCUT2D eigenvalue weighted by molar-refractivity contribution is 6.03. The van der Waals surface area contributed by atoms with Gasteiger partial charge in [-0.25, -0.2) is 0 Å². The number of anilines is 1. The molecule has 0 aromatic heterocycles. The molecular formula is C28H28N2O4. The smallest absolute Gasteiger partial charge is 0.253 e. The second kappa shape index (κ2) is 8.20. The number of amides is 2.